The Kier molecular flexibility index (Phi) is 25.0. The Morgan fingerprint density at radius 1 is 0.790 bits per heavy atom. The molecule has 4 aliphatic heterocycles. The van der Waals surface area contributed by atoms with Crippen LogP contribution in [-0.2, 0) is 70.1 Å². The summed E-state index contributed by atoms with van der Waals surface area (Å²) in [4.78, 5) is 25.1. The van der Waals surface area contributed by atoms with Crippen LogP contribution in [0.5, 0.6) is 0 Å². The van der Waals surface area contributed by atoms with Crippen molar-refractivity contribution in [3.8, 4) is 37.0 Å². The molecule has 4 aliphatic rings. The Hall–Kier alpha value is -3.86. The minimum absolute atomic E-state index is 0.106. The molecule has 24 heteroatoms. The van der Waals surface area contributed by atoms with Crippen LogP contribution >= 0.6 is 0 Å². The van der Waals surface area contributed by atoms with Gasteiger partial charge in [0.05, 0.1) is 70.8 Å². The molecule has 5 rings (SSSR count). The van der Waals surface area contributed by atoms with Crippen LogP contribution in [0.3, 0.4) is 0 Å². The molecule has 0 aromatic carbocycles. The van der Waals surface area contributed by atoms with Crippen LogP contribution in [0.1, 0.15) is 58.1 Å². The Labute approximate surface area is 370 Å². The standard InChI is InChI=1S/C19H25B3N3O6.C11H15BO4.C8H10B2N3O2/c1-3-5-27-14-7-18(22-21)31-15(14)9-25-8-12(23-24-25)10-28-13-6-17(20)30-16(13)11-29-19(26)4-2;1-3-5-14-8-6-10(12)16-9(8)7-15-11(13)4-2;1-2-3-14-6-4-8(10-9)15-7(6)5-12-13-11/h1,8,13-18H,4-7,9-11H2,2H3;1,8-10H,4-7H2,2H3;1,6-8H,3-5H2. The molecule has 0 bridgehead atoms. The minimum atomic E-state index is -0.460. The Bertz CT molecular complexity index is 1680. The Morgan fingerprint density at radius 3 is 1.73 bits per heavy atom. The van der Waals surface area contributed by atoms with Gasteiger partial charge in [0.1, 0.15) is 72.7 Å². The van der Waals surface area contributed by atoms with Gasteiger partial charge in [-0.3, -0.25) is 9.59 Å². The van der Waals surface area contributed by atoms with E-state index in [9.17, 15) is 9.59 Å². The van der Waals surface area contributed by atoms with E-state index in [1.165, 1.54) is 14.3 Å². The average molecular weight is 848 g/mol. The number of terminal acetylenes is 3. The monoisotopic (exact) mass is 848 g/mol. The predicted octanol–water partition coefficient (Wildman–Crippen LogP) is -0.220. The number of rotatable bonds is 21. The largest absolute Gasteiger partial charge is 0.463 e. The van der Waals surface area contributed by atoms with Gasteiger partial charge in [0.15, 0.2) is 0 Å². The van der Waals surface area contributed by atoms with Crippen LogP contribution in [0.25, 0.3) is 10.4 Å². The maximum absolute atomic E-state index is 11.4. The first-order valence-corrected chi connectivity index (χ1v) is 20.2. The SMILES string of the molecule is [B]C1CC(OCC#C)C(COC(=O)CC)O1.[B][B]C1CC(OCC#C)C(CN=[N+]=[N-])O1.[B][B]C1CC(OCC#C)C(Cn2cc(COC3CC([B])OC3COC(=O)CC)nn2)O1. The molecule has 12 atom stereocenters. The van der Waals surface area contributed by atoms with Crippen LogP contribution in [0.2, 0.25) is 0 Å². The van der Waals surface area contributed by atoms with Gasteiger partial charge in [-0.05, 0) is 31.2 Å². The highest BCUT2D eigenvalue weighted by molar-refractivity contribution is 6.90. The fourth-order valence-corrected chi connectivity index (χ4v) is 6.56. The first kappa shape index (κ1) is 52.5. The summed E-state index contributed by atoms with van der Waals surface area (Å²) in [5, 5.41) is 11.7. The van der Waals surface area contributed by atoms with E-state index in [-0.39, 0.29) is 119 Å². The van der Waals surface area contributed by atoms with Gasteiger partial charge in [-0.15, -0.1) is 24.4 Å². The second kappa shape index (κ2) is 29.5. The molecule has 0 saturated carbocycles. The third kappa shape index (κ3) is 18.5. The van der Waals surface area contributed by atoms with Crippen LogP contribution in [0.15, 0.2) is 11.3 Å². The lowest BCUT2D eigenvalue weighted by atomic mass is 9.51. The van der Waals surface area contributed by atoms with Crippen molar-refractivity contribution >= 4 is 57.4 Å². The summed E-state index contributed by atoms with van der Waals surface area (Å²) in [6.07, 6.45) is 18.2. The van der Waals surface area contributed by atoms with Gasteiger partial charge in [0.2, 0.25) is 0 Å². The van der Waals surface area contributed by atoms with Crippen molar-refractivity contribution in [3.63, 3.8) is 0 Å². The number of carbonyl (C=O) groups excluding carboxylic acids is 2. The average Bonchev–Trinajstić information content (AvgIpc) is 4.13. The summed E-state index contributed by atoms with van der Waals surface area (Å²) in [7, 11) is 25.4. The van der Waals surface area contributed by atoms with E-state index in [2.05, 4.69) is 38.1 Å². The quantitative estimate of drug-likeness (QED) is 0.0392. The van der Waals surface area contributed by atoms with Gasteiger partial charge >= 0.3 is 11.9 Å². The molecule has 0 N–H and O–H groups in total. The maximum atomic E-state index is 11.4. The molecule has 1 aromatic heterocycles. The first-order valence-electron chi connectivity index (χ1n) is 20.2. The van der Waals surface area contributed by atoms with Crippen molar-refractivity contribution in [2.45, 2.75) is 138 Å². The second-order valence-electron chi connectivity index (χ2n) is 14.1. The third-order valence-electron chi connectivity index (χ3n) is 9.60. The molecule has 4 saturated heterocycles. The number of hydrogen-bond acceptors (Lipinski definition) is 15. The molecular formula is C38H50B6N6O12. The van der Waals surface area contributed by atoms with E-state index in [4.69, 9.17) is 103 Å². The molecule has 0 amide bonds. The summed E-state index contributed by atoms with van der Waals surface area (Å²) in [5.41, 5.74) is 8.85. The minimum Gasteiger partial charge on any atom is -0.463 e. The summed E-state index contributed by atoms with van der Waals surface area (Å²) >= 11 is 0. The molecule has 0 spiro atoms. The number of carbonyl (C=O) groups is 2. The van der Waals surface area contributed by atoms with Crippen molar-refractivity contribution in [1.82, 2.24) is 15.0 Å². The first-order chi connectivity index (χ1) is 30.0. The molecule has 5 heterocycles. The van der Waals surface area contributed by atoms with Gasteiger partial charge < -0.3 is 47.4 Å². The third-order valence-corrected chi connectivity index (χ3v) is 9.60. The highest BCUT2D eigenvalue weighted by atomic mass is 16.6. The number of aromatic nitrogens is 3. The highest BCUT2D eigenvalue weighted by Gasteiger charge is 2.37. The summed E-state index contributed by atoms with van der Waals surface area (Å²) < 4.78 is 56.5. The van der Waals surface area contributed by atoms with Crippen molar-refractivity contribution in [2.24, 2.45) is 5.11 Å². The molecule has 1 aromatic rings. The molecule has 10 radical (unpaired) electrons. The molecule has 4 fully saturated rings. The molecular weight excluding hydrogens is 797 g/mol. The number of ether oxygens (including phenoxy) is 10. The van der Waals surface area contributed by atoms with E-state index < -0.39 is 12.1 Å². The zero-order valence-electron chi connectivity index (χ0n) is 35.2. The number of nitrogens with zero attached hydrogens (tertiary/aromatic N) is 6. The fourth-order valence-electron chi connectivity index (χ4n) is 6.56. The van der Waals surface area contributed by atoms with Crippen molar-refractivity contribution < 1.29 is 57.0 Å². The summed E-state index contributed by atoms with van der Waals surface area (Å²) in [6, 6.07) is -1.19. The predicted molar refractivity (Wildman–Crippen MR) is 228 cm³/mol. The Morgan fingerprint density at radius 2 is 1.26 bits per heavy atom. The summed E-state index contributed by atoms with van der Waals surface area (Å²) in [5.74, 6) is 6.67. The van der Waals surface area contributed by atoms with Crippen molar-refractivity contribution in [1.29, 1.82) is 0 Å². The van der Waals surface area contributed by atoms with Gasteiger partial charge in [0, 0.05) is 57.2 Å². The lowest BCUT2D eigenvalue weighted by Crippen LogP contribution is -2.30. The van der Waals surface area contributed by atoms with Crippen LogP contribution in [-0.4, -0.2) is 185 Å². The lowest BCUT2D eigenvalue weighted by molar-refractivity contribution is -0.149. The number of esters is 2. The van der Waals surface area contributed by atoms with Crippen LogP contribution in [0, 0.1) is 37.0 Å². The zero-order valence-corrected chi connectivity index (χ0v) is 35.2. The van der Waals surface area contributed by atoms with E-state index in [1.54, 1.807) is 24.7 Å². The fraction of sp³-hybridized carbons (Fsp3) is 0.737. The Balaban J connectivity index is 0.000000277. The zero-order chi connectivity index (χ0) is 45.3. The topological polar surface area (TPSA) is 206 Å². The van der Waals surface area contributed by atoms with E-state index in [0.29, 0.717) is 50.8 Å². The van der Waals surface area contributed by atoms with Gasteiger partial charge in [-0.2, -0.15) is 0 Å². The van der Waals surface area contributed by atoms with Gasteiger partial charge in [-0.1, -0.05) is 41.9 Å². The van der Waals surface area contributed by atoms with E-state index in [1.807, 2.05) is 0 Å². The second-order valence-corrected chi connectivity index (χ2v) is 14.1. The van der Waals surface area contributed by atoms with Crippen LogP contribution < -0.4 is 0 Å². The number of hydrogen-bond donors (Lipinski definition) is 0. The van der Waals surface area contributed by atoms with Crippen molar-refractivity contribution in [3.05, 3.63) is 22.3 Å². The molecule has 0 aliphatic carbocycles. The molecule has 18 nitrogen and oxygen atoms in total. The number of azide groups is 1. The highest BCUT2D eigenvalue weighted by Crippen LogP contribution is 2.26. The summed E-state index contributed by atoms with van der Waals surface area (Å²) in [6.45, 7) is 5.27. The molecule has 62 heavy (non-hydrogen) atoms. The molecule has 322 valence electrons. The maximum Gasteiger partial charge on any atom is 0.305 e. The van der Waals surface area contributed by atoms with Gasteiger partial charge in [-0.25, -0.2) is 4.68 Å². The van der Waals surface area contributed by atoms with Gasteiger partial charge in [0.25, 0.3) is 0 Å². The van der Waals surface area contributed by atoms with Crippen molar-refractivity contribution in [2.75, 3.05) is 39.6 Å². The lowest BCUT2D eigenvalue weighted by Gasteiger charge is -2.18. The van der Waals surface area contributed by atoms with E-state index >= 15 is 0 Å². The van der Waals surface area contributed by atoms with E-state index in [0.717, 1.165) is 0 Å². The normalized spacial score (nSPS) is 29.5. The molecule has 12 unspecified atom stereocenters. The van der Waals surface area contributed by atoms with Crippen LogP contribution in [0.4, 0.5) is 0 Å². The smallest absolute Gasteiger partial charge is 0.305 e.